The van der Waals surface area contributed by atoms with Gasteiger partial charge in [-0.3, -0.25) is 0 Å². The van der Waals surface area contributed by atoms with Crippen LogP contribution in [0.1, 0.15) is 29.2 Å². The van der Waals surface area contributed by atoms with E-state index in [0.29, 0.717) is 24.0 Å². The molecule has 0 amide bonds. The third-order valence-electron chi connectivity index (χ3n) is 3.43. The summed E-state index contributed by atoms with van der Waals surface area (Å²) in [5, 5.41) is 4.78. The van der Waals surface area contributed by atoms with Gasteiger partial charge in [-0.05, 0) is 40.4 Å². The minimum Gasteiger partial charge on any atom is -0.490 e. The Morgan fingerprint density at radius 2 is 1.85 bits per heavy atom. The second-order valence-electron chi connectivity index (χ2n) is 4.86. The third kappa shape index (κ3) is 2.51. The number of hydrogen-bond acceptors (Lipinski definition) is 4. The third-order valence-corrected chi connectivity index (χ3v) is 4.64. The number of nitrogens with two attached hydrogens (primary N) is 1. The van der Waals surface area contributed by atoms with Gasteiger partial charge in [0.05, 0.1) is 19.3 Å². The molecule has 0 spiro atoms. The molecule has 3 rings (SSSR count). The van der Waals surface area contributed by atoms with E-state index in [-0.39, 0.29) is 6.04 Å². The summed E-state index contributed by atoms with van der Waals surface area (Å²) in [5.74, 6) is 1.43. The summed E-state index contributed by atoms with van der Waals surface area (Å²) in [5.41, 5.74) is 9.52. The van der Waals surface area contributed by atoms with Crippen molar-refractivity contribution in [2.75, 3.05) is 13.2 Å². The van der Waals surface area contributed by atoms with Gasteiger partial charge in [0.2, 0.25) is 0 Å². The maximum Gasteiger partial charge on any atom is 0.162 e. The lowest BCUT2D eigenvalue weighted by Crippen LogP contribution is -2.13. The van der Waals surface area contributed by atoms with Crippen molar-refractivity contribution in [1.82, 2.24) is 0 Å². The van der Waals surface area contributed by atoms with Gasteiger partial charge in [-0.1, -0.05) is 11.6 Å². The summed E-state index contributed by atoms with van der Waals surface area (Å²) in [6.45, 7) is 3.36. The number of halogens is 1. The standard InChI is InChI=1S/C15H16ClNO2S/c1-9-7-20-8-11(9)15(17)10-5-13-14(6-12(10)16)19-4-2-3-18-13/h5-8,15H,2-4,17H2,1H3. The number of thiophene rings is 1. The van der Waals surface area contributed by atoms with Gasteiger partial charge < -0.3 is 15.2 Å². The van der Waals surface area contributed by atoms with E-state index in [1.807, 2.05) is 6.07 Å². The molecule has 1 atom stereocenters. The van der Waals surface area contributed by atoms with Gasteiger partial charge in [0, 0.05) is 17.5 Å². The molecule has 0 aliphatic carbocycles. The molecule has 2 N–H and O–H groups in total. The van der Waals surface area contributed by atoms with Gasteiger partial charge in [-0.15, -0.1) is 0 Å². The Morgan fingerprint density at radius 3 is 2.50 bits per heavy atom. The summed E-state index contributed by atoms with van der Waals surface area (Å²) in [7, 11) is 0. The number of aryl methyl sites for hydroxylation is 1. The molecular formula is C15H16ClNO2S. The SMILES string of the molecule is Cc1cscc1C(N)c1cc2c(cc1Cl)OCCCO2. The van der Waals surface area contributed by atoms with E-state index in [1.54, 1.807) is 17.4 Å². The molecule has 1 aromatic carbocycles. The topological polar surface area (TPSA) is 44.5 Å². The lowest BCUT2D eigenvalue weighted by molar-refractivity contribution is 0.297. The highest BCUT2D eigenvalue weighted by Crippen LogP contribution is 2.39. The molecule has 106 valence electrons. The largest absolute Gasteiger partial charge is 0.490 e. The van der Waals surface area contributed by atoms with Crippen molar-refractivity contribution in [2.45, 2.75) is 19.4 Å². The van der Waals surface area contributed by atoms with Crippen molar-refractivity contribution in [2.24, 2.45) is 5.73 Å². The molecule has 20 heavy (non-hydrogen) atoms. The van der Waals surface area contributed by atoms with Crippen molar-refractivity contribution in [3.05, 3.63) is 44.6 Å². The zero-order valence-electron chi connectivity index (χ0n) is 11.2. The van der Waals surface area contributed by atoms with E-state index in [2.05, 4.69) is 17.7 Å². The van der Waals surface area contributed by atoms with Crippen LogP contribution in [0, 0.1) is 6.92 Å². The summed E-state index contributed by atoms with van der Waals surface area (Å²) < 4.78 is 11.3. The molecule has 2 aromatic rings. The number of rotatable bonds is 2. The average Bonchev–Trinajstić information content (AvgIpc) is 2.72. The number of hydrogen-bond donors (Lipinski definition) is 1. The Bertz CT molecular complexity index is 626. The molecular weight excluding hydrogens is 294 g/mol. The quantitative estimate of drug-likeness (QED) is 0.914. The van der Waals surface area contributed by atoms with Crippen molar-refractivity contribution >= 4 is 22.9 Å². The Balaban J connectivity index is 2.01. The molecule has 1 aromatic heterocycles. The molecule has 1 aliphatic rings. The first-order valence-electron chi connectivity index (χ1n) is 6.54. The minimum absolute atomic E-state index is 0.245. The van der Waals surface area contributed by atoms with Gasteiger partial charge in [-0.2, -0.15) is 11.3 Å². The van der Waals surface area contributed by atoms with Crippen LogP contribution in [0.25, 0.3) is 0 Å². The predicted octanol–water partition coefficient (Wildman–Crippen LogP) is 3.92. The summed E-state index contributed by atoms with van der Waals surface area (Å²) >= 11 is 8.01. The normalized spacial score (nSPS) is 15.8. The second-order valence-corrected chi connectivity index (χ2v) is 6.01. The Hall–Kier alpha value is -1.23. The summed E-state index contributed by atoms with van der Waals surface area (Å²) in [6, 6.07) is 3.47. The van der Waals surface area contributed by atoms with Gasteiger partial charge >= 0.3 is 0 Å². The van der Waals surface area contributed by atoms with E-state index in [1.165, 1.54) is 5.56 Å². The highest BCUT2D eigenvalue weighted by Gasteiger charge is 2.20. The Morgan fingerprint density at radius 1 is 1.15 bits per heavy atom. The van der Waals surface area contributed by atoms with E-state index >= 15 is 0 Å². The lowest BCUT2D eigenvalue weighted by atomic mass is 9.99. The van der Waals surface area contributed by atoms with E-state index < -0.39 is 0 Å². The van der Waals surface area contributed by atoms with E-state index in [0.717, 1.165) is 23.3 Å². The van der Waals surface area contributed by atoms with E-state index in [9.17, 15) is 0 Å². The molecule has 0 fully saturated rings. The highest BCUT2D eigenvalue weighted by molar-refractivity contribution is 7.08. The van der Waals surface area contributed by atoms with Crippen LogP contribution in [0.3, 0.4) is 0 Å². The Kier molecular flexibility index (Phi) is 3.87. The predicted molar refractivity (Wildman–Crippen MR) is 82.1 cm³/mol. The van der Waals surface area contributed by atoms with Crippen molar-refractivity contribution < 1.29 is 9.47 Å². The van der Waals surface area contributed by atoms with E-state index in [4.69, 9.17) is 26.8 Å². The first-order chi connectivity index (χ1) is 9.66. The molecule has 3 nitrogen and oxygen atoms in total. The number of ether oxygens (including phenoxy) is 2. The zero-order valence-corrected chi connectivity index (χ0v) is 12.8. The molecule has 0 radical (unpaired) electrons. The summed E-state index contributed by atoms with van der Waals surface area (Å²) in [6.07, 6.45) is 0.872. The van der Waals surface area contributed by atoms with Crippen LogP contribution in [-0.4, -0.2) is 13.2 Å². The monoisotopic (exact) mass is 309 g/mol. The molecule has 0 bridgehead atoms. The number of benzene rings is 1. The molecule has 1 aliphatic heterocycles. The second kappa shape index (κ2) is 5.64. The van der Waals surface area contributed by atoms with Crippen LogP contribution in [-0.2, 0) is 0 Å². The number of fused-ring (bicyclic) bond motifs is 1. The minimum atomic E-state index is -0.245. The average molecular weight is 310 g/mol. The smallest absolute Gasteiger partial charge is 0.162 e. The van der Waals surface area contributed by atoms with Crippen LogP contribution >= 0.6 is 22.9 Å². The highest BCUT2D eigenvalue weighted by atomic mass is 35.5. The van der Waals surface area contributed by atoms with Gasteiger partial charge in [0.1, 0.15) is 0 Å². The zero-order chi connectivity index (χ0) is 14.1. The van der Waals surface area contributed by atoms with Gasteiger partial charge in [0.15, 0.2) is 11.5 Å². The first kappa shape index (κ1) is 13.7. The van der Waals surface area contributed by atoms with Crippen molar-refractivity contribution in [3.8, 4) is 11.5 Å². The molecule has 0 saturated carbocycles. The fourth-order valence-corrected chi connectivity index (χ4v) is 3.45. The lowest BCUT2D eigenvalue weighted by Gasteiger charge is -2.17. The molecule has 1 unspecified atom stereocenters. The maximum absolute atomic E-state index is 6.37. The van der Waals surface area contributed by atoms with Crippen molar-refractivity contribution in [1.29, 1.82) is 0 Å². The Labute approximate surface area is 127 Å². The fourth-order valence-electron chi connectivity index (χ4n) is 2.29. The summed E-state index contributed by atoms with van der Waals surface area (Å²) in [4.78, 5) is 0. The van der Waals surface area contributed by atoms with Crippen LogP contribution in [0.2, 0.25) is 5.02 Å². The van der Waals surface area contributed by atoms with Crippen LogP contribution < -0.4 is 15.2 Å². The first-order valence-corrected chi connectivity index (χ1v) is 7.86. The van der Waals surface area contributed by atoms with Crippen LogP contribution in [0.5, 0.6) is 11.5 Å². The molecule has 2 heterocycles. The van der Waals surface area contributed by atoms with Gasteiger partial charge in [-0.25, -0.2) is 0 Å². The van der Waals surface area contributed by atoms with Crippen LogP contribution in [0.4, 0.5) is 0 Å². The fraction of sp³-hybridized carbons (Fsp3) is 0.333. The molecule has 5 heteroatoms. The maximum atomic E-state index is 6.37. The van der Waals surface area contributed by atoms with Crippen molar-refractivity contribution in [3.63, 3.8) is 0 Å². The molecule has 0 saturated heterocycles. The van der Waals surface area contributed by atoms with Gasteiger partial charge in [0.25, 0.3) is 0 Å². The van der Waals surface area contributed by atoms with Crippen LogP contribution in [0.15, 0.2) is 22.9 Å².